The summed E-state index contributed by atoms with van der Waals surface area (Å²) in [5.74, 6) is 2.48. The molecule has 1 saturated heterocycles. The molecule has 0 aromatic heterocycles. The van der Waals surface area contributed by atoms with Gasteiger partial charge in [-0.05, 0) is 36.1 Å². The Hall–Kier alpha value is -1.82. The highest BCUT2D eigenvalue weighted by Crippen LogP contribution is 2.16. The lowest BCUT2D eigenvalue weighted by Gasteiger charge is -2.26. The van der Waals surface area contributed by atoms with Crippen molar-refractivity contribution < 1.29 is 9.53 Å². The molecule has 1 amide bonds. The lowest BCUT2D eigenvalue weighted by Crippen LogP contribution is -2.31. The van der Waals surface area contributed by atoms with E-state index in [0.29, 0.717) is 19.6 Å². The quantitative estimate of drug-likeness (QED) is 0.609. The van der Waals surface area contributed by atoms with Gasteiger partial charge in [0.2, 0.25) is 5.91 Å². The van der Waals surface area contributed by atoms with Gasteiger partial charge in [-0.3, -0.25) is 9.69 Å². The van der Waals surface area contributed by atoms with Gasteiger partial charge in [0, 0.05) is 49.9 Å². The van der Waals surface area contributed by atoms with E-state index in [0.717, 1.165) is 38.2 Å². The van der Waals surface area contributed by atoms with Crippen molar-refractivity contribution in [3.05, 3.63) is 65.7 Å². The van der Waals surface area contributed by atoms with Crippen molar-refractivity contribution in [2.24, 2.45) is 0 Å². The van der Waals surface area contributed by atoms with E-state index in [4.69, 9.17) is 4.74 Å². The molecule has 0 saturated carbocycles. The number of thioether (sulfide) groups is 1. The molecule has 0 bridgehead atoms. The molecule has 0 radical (unpaired) electrons. The summed E-state index contributed by atoms with van der Waals surface area (Å²) in [5.41, 5.74) is 3.43. The summed E-state index contributed by atoms with van der Waals surface area (Å²) in [4.78, 5) is 14.7. The number of nitrogens with zero attached hydrogens (tertiary/aromatic N) is 1. The lowest BCUT2D eigenvalue weighted by molar-refractivity contribution is -0.116. The standard InChI is InChI=1S/C23H30N2O2S/c26-23(10-5-14-27-15-11-20-6-2-1-3-7-20)24-22-9-4-8-21(18-22)19-25-12-16-28-17-13-25/h1-4,6-9,18H,5,10-17,19H2,(H,24,26). The number of rotatable bonds is 10. The molecule has 2 aromatic carbocycles. The maximum absolute atomic E-state index is 12.2. The third kappa shape index (κ3) is 7.66. The minimum atomic E-state index is 0.0539. The molecule has 0 spiro atoms. The minimum Gasteiger partial charge on any atom is -0.381 e. The predicted octanol–water partition coefficient (Wildman–Crippen LogP) is 4.21. The van der Waals surface area contributed by atoms with Gasteiger partial charge in [-0.15, -0.1) is 0 Å². The van der Waals surface area contributed by atoms with E-state index in [2.05, 4.69) is 34.5 Å². The molecule has 1 heterocycles. The van der Waals surface area contributed by atoms with Gasteiger partial charge in [0.25, 0.3) is 0 Å². The van der Waals surface area contributed by atoms with Crippen LogP contribution in [0.2, 0.25) is 0 Å². The number of carbonyl (C=O) groups is 1. The lowest BCUT2D eigenvalue weighted by atomic mass is 10.1. The number of nitrogens with one attached hydrogen (secondary N) is 1. The molecule has 0 aliphatic carbocycles. The molecule has 1 N–H and O–H groups in total. The number of carbonyl (C=O) groups excluding carboxylic acids is 1. The number of ether oxygens (including phenoxy) is 1. The molecule has 3 rings (SSSR count). The summed E-state index contributed by atoms with van der Waals surface area (Å²) >= 11 is 2.02. The van der Waals surface area contributed by atoms with Gasteiger partial charge in [0.15, 0.2) is 0 Å². The van der Waals surface area contributed by atoms with Crippen molar-refractivity contribution in [2.45, 2.75) is 25.8 Å². The van der Waals surface area contributed by atoms with Crippen molar-refractivity contribution in [1.82, 2.24) is 4.90 Å². The maximum Gasteiger partial charge on any atom is 0.224 e. The molecule has 150 valence electrons. The molecule has 5 heteroatoms. The molecular weight excluding hydrogens is 368 g/mol. The molecule has 1 fully saturated rings. The summed E-state index contributed by atoms with van der Waals surface area (Å²) in [5, 5.41) is 3.02. The van der Waals surface area contributed by atoms with Crippen LogP contribution in [-0.2, 0) is 22.5 Å². The minimum absolute atomic E-state index is 0.0539. The van der Waals surface area contributed by atoms with Crippen LogP contribution >= 0.6 is 11.8 Å². The zero-order chi connectivity index (χ0) is 19.4. The van der Waals surface area contributed by atoms with E-state index in [1.807, 2.05) is 42.1 Å². The Morgan fingerprint density at radius 3 is 2.61 bits per heavy atom. The Morgan fingerprint density at radius 1 is 1.00 bits per heavy atom. The normalized spacial score (nSPS) is 14.7. The van der Waals surface area contributed by atoms with Gasteiger partial charge >= 0.3 is 0 Å². The highest BCUT2D eigenvalue weighted by atomic mass is 32.2. The van der Waals surface area contributed by atoms with E-state index < -0.39 is 0 Å². The fraction of sp³-hybridized carbons (Fsp3) is 0.435. The summed E-state index contributed by atoms with van der Waals surface area (Å²) < 4.78 is 5.65. The largest absolute Gasteiger partial charge is 0.381 e. The van der Waals surface area contributed by atoms with Crippen molar-refractivity contribution in [2.75, 3.05) is 43.1 Å². The Labute approximate surface area is 172 Å². The monoisotopic (exact) mass is 398 g/mol. The topological polar surface area (TPSA) is 41.6 Å². The van der Waals surface area contributed by atoms with Crippen LogP contribution in [-0.4, -0.2) is 48.6 Å². The van der Waals surface area contributed by atoms with Crippen LogP contribution in [0.3, 0.4) is 0 Å². The van der Waals surface area contributed by atoms with E-state index in [1.54, 1.807) is 0 Å². The predicted molar refractivity (Wildman–Crippen MR) is 118 cm³/mol. The zero-order valence-electron chi connectivity index (χ0n) is 16.4. The van der Waals surface area contributed by atoms with E-state index in [-0.39, 0.29) is 5.91 Å². The van der Waals surface area contributed by atoms with Crippen molar-refractivity contribution in [1.29, 1.82) is 0 Å². The highest BCUT2D eigenvalue weighted by molar-refractivity contribution is 7.99. The molecule has 0 unspecified atom stereocenters. The molecule has 1 aliphatic rings. The first-order valence-corrected chi connectivity index (χ1v) is 11.3. The van der Waals surface area contributed by atoms with Gasteiger partial charge in [0.05, 0.1) is 6.61 Å². The number of hydrogen-bond acceptors (Lipinski definition) is 4. The van der Waals surface area contributed by atoms with Gasteiger partial charge in [-0.1, -0.05) is 42.5 Å². The molecule has 1 aliphatic heterocycles. The summed E-state index contributed by atoms with van der Waals surface area (Å²) in [6, 6.07) is 18.5. The Morgan fingerprint density at radius 2 is 1.79 bits per heavy atom. The van der Waals surface area contributed by atoms with Crippen LogP contribution in [0, 0.1) is 0 Å². The smallest absolute Gasteiger partial charge is 0.224 e. The number of anilines is 1. The average molecular weight is 399 g/mol. The van der Waals surface area contributed by atoms with Crippen LogP contribution in [0.4, 0.5) is 5.69 Å². The molecule has 2 aromatic rings. The van der Waals surface area contributed by atoms with E-state index in [9.17, 15) is 4.79 Å². The van der Waals surface area contributed by atoms with Crippen LogP contribution < -0.4 is 5.32 Å². The summed E-state index contributed by atoms with van der Waals surface area (Å²) in [6.07, 6.45) is 2.14. The zero-order valence-corrected chi connectivity index (χ0v) is 17.3. The fourth-order valence-electron chi connectivity index (χ4n) is 3.26. The van der Waals surface area contributed by atoms with E-state index in [1.165, 1.54) is 22.6 Å². The van der Waals surface area contributed by atoms with Gasteiger partial charge in [-0.25, -0.2) is 0 Å². The molecule has 28 heavy (non-hydrogen) atoms. The van der Waals surface area contributed by atoms with Crippen molar-refractivity contribution in [3.8, 4) is 0 Å². The van der Waals surface area contributed by atoms with Crippen molar-refractivity contribution >= 4 is 23.4 Å². The molecular formula is C23H30N2O2S. The highest BCUT2D eigenvalue weighted by Gasteiger charge is 2.11. The Kier molecular flexibility index (Phi) is 8.88. The summed E-state index contributed by atoms with van der Waals surface area (Å²) in [6.45, 7) is 4.56. The fourth-order valence-corrected chi connectivity index (χ4v) is 4.24. The Balaban J connectivity index is 1.31. The number of amides is 1. The van der Waals surface area contributed by atoms with Crippen LogP contribution in [0.1, 0.15) is 24.0 Å². The number of hydrogen-bond donors (Lipinski definition) is 1. The van der Waals surface area contributed by atoms with Gasteiger partial charge in [0.1, 0.15) is 0 Å². The maximum atomic E-state index is 12.2. The first-order valence-electron chi connectivity index (χ1n) is 10.1. The van der Waals surface area contributed by atoms with Gasteiger partial charge < -0.3 is 10.1 Å². The van der Waals surface area contributed by atoms with Gasteiger partial charge in [-0.2, -0.15) is 11.8 Å². The first-order chi connectivity index (χ1) is 13.8. The SMILES string of the molecule is O=C(CCCOCCc1ccccc1)Nc1cccc(CN2CCSCC2)c1. The second-order valence-corrected chi connectivity index (χ2v) is 8.31. The Bertz CT molecular complexity index is 718. The first kappa shape index (κ1) is 20.9. The number of benzene rings is 2. The third-order valence-corrected chi connectivity index (χ3v) is 5.73. The average Bonchev–Trinajstić information content (AvgIpc) is 2.72. The van der Waals surface area contributed by atoms with Crippen molar-refractivity contribution in [3.63, 3.8) is 0 Å². The van der Waals surface area contributed by atoms with E-state index >= 15 is 0 Å². The third-order valence-electron chi connectivity index (χ3n) is 4.79. The van der Waals surface area contributed by atoms with Crippen LogP contribution in [0.15, 0.2) is 54.6 Å². The summed E-state index contributed by atoms with van der Waals surface area (Å²) in [7, 11) is 0. The van der Waals surface area contributed by atoms with Crippen LogP contribution in [0.25, 0.3) is 0 Å². The second-order valence-electron chi connectivity index (χ2n) is 7.09. The second kappa shape index (κ2) is 11.9. The molecule has 0 atom stereocenters. The van der Waals surface area contributed by atoms with Crippen LogP contribution in [0.5, 0.6) is 0 Å². The molecule has 4 nitrogen and oxygen atoms in total.